The third-order valence-electron chi connectivity index (χ3n) is 5.11. The Labute approximate surface area is 224 Å². The highest BCUT2D eigenvalue weighted by Gasteiger charge is 2.13. The minimum absolute atomic E-state index is 0.235. The van der Waals surface area contributed by atoms with Crippen LogP contribution in [-0.2, 0) is 20.8 Å². The van der Waals surface area contributed by atoms with E-state index in [4.69, 9.17) is 25.8 Å². The number of carbonyl (C=O) groups is 3. The third-order valence-corrected chi connectivity index (χ3v) is 5.34. The molecule has 3 aromatic rings. The van der Waals surface area contributed by atoms with Crippen LogP contribution in [0.15, 0.2) is 71.8 Å². The summed E-state index contributed by atoms with van der Waals surface area (Å²) in [6, 6.07) is 19.0. The molecule has 0 aliphatic carbocycles. The molecule has 0 fully saturated rings. The van der Waals surface area contributed by atoms with Crippen LogP contribution in [0.25, 0.3) is 0 Å². The van der Waals surface area contributed by atoms with Crippen LogP contribution < -0.4 is 30.3 Å². The summed E-state index contributed by atoms with van der Waals surface area (Å²) in [6.45, 7) is -0.0222. The highest BCUT2D eigenvalue weighted by Crippen LogP contribution is 2.27. The first-order valence-electron chi connectivity index (χ1n) is 11.5. The molecule has 0 unspecified atom stereocenters. The van der Waals surface area contributed by atoms with E-state index in [0.29, 0.717) is 39.9 Å². The van der Waals surface area contributed by atoms with Gasteiger partial charge < -0.3 is 24.8 Å². The lowest BCUT2D eigenvalue weighted by atomic mass is 10.1. The number of benzene rings is 3. The van der Waals surface area contributed by atoms with Crippen LogP contribution in [0.1, 0.15) is 11.1 Å². The van der Waals surface area contributed by atoms with E-state index in [-0.39, 0.29) is 19.1 Å². The maximum Gasteiger partial charge on any atom is 0.329 e. The molecule has 3 N–H and O–H groups in total. The van der Waals surface area contributed by atoms with Crippen molar-refractivity contribution in [1.82, 2.24) is 10.7 Å². The van der Waals surface area contributed by atoms with Crippen LogP contribution in [0.5, 0.6) is 17.2 Å². The minimum atomic E-state index is -0.923. The van der Waals surface area contributed by atoms with Gasteiger partial charge in [0.25, 0.3) is 5.91 Å². The molecule has 0 aliphatic heterocycles. The number of hydrogen-bond acceptors (Lipinski definition) is 7. The predicted molar refractivity (Wildman–Crippen MR) is 144 cm³/mol. The topological polar surface area (TPSA) is 127 Å². The smallest absolute Gasteiger partial charge is 0.329 e. The zero-order chi connectivity index (χ0) is 27.3. The number of halogens is 1. The maximum absolute atomic E-state index is 12.2. The molecule has 198 valence electrons. The zero-order valence-electron chi connectivity index (χ0n) is 20.8. The SMILES string of the molecule is COc1ccc(CCNC(=O)C(=O)N/N=C\c2ccccc2OCC(=O)Nc2cccc(Cl)c2)cc1OC. The predicted octanol–water partition coefficient (Wildman–Crippen LogP) is 3.18. The summed E-state index contributed by atoms with van der Waals surface area (Å²) < 4.78 is 16.0. The highest BCUT2D eigenvalue weighted by atomic mass is 35.5. The van der Waals surface area contributed by atoms with E-state index < -0.39 is 11.8 Å². The van der Waals surface area contributed by atoms with E-state index in [1.54, 1.807) is 67.8 Å². The van der Waals surface area contributed by atoms with Gasteiger partial charge in [0.15, 0.2) is 18.1 Å². The lowest BCUT2D eigenvalue weighted by molar-refractivity contribution is -0.139. The summed E-state index contributed by atoms with van der Waals surface area (Å²) in [6.07, 6.45) is 1.80. The van der Waals surface area contributed by atoms with Gasteiger partial charge in [-0.2, -0.15) is 5.10 Å². The Morgan fingerprint density at radius 3 is 2.45 bits per heavy atom. The van der Waals surface area contributed by atoms with E-state index in [2.05, 4.69) is 21.2 Å². The second-order valence-corrected chi connectivity index (χ2v) is 8.22. The van der Waals surface area contributed by atoms with Gasteiger partial charge in [-0.1, -0.05) is 35.9 Å². The van der Waals surface area contributed by atoms with Gasteiger partial charge in [-0.15, -0.1) is 0 Å². The number of methoxy groups -OCH3 is 2. The Hall–Kier alpha value is -4.57. The van der Waals surface area contributed by atoms with Crippen molar-refractivity contribution in [1.29, 1.82) is 0 Å². The molecule has 3 amide bonds. The van der Waals surface area contributed by atoms with Gasteiger partial charge in [0.1, 0.15) is 5.75 Å². The van der Waals surface area contributed by atoms with Crippen molar-refractivity contribution >= 4 is 41.2 Å². The van der Waals surface area contributed by atoms with Crippen molar-refractivity contribution in [2.75, 3.05) is 32.7 Å². The van der Waals surface area contributed by atoms with Crippen LogP contribution >= 0.6 is 11.6 Å². The number of carbonyl (C=O) groups excluding carboxylic acids is 3. The van der Waals surface area contributed by atoms with Gasteiger partial charge in [0.2, 0.25) is 0 Å². The molecular formula is C27H27ClN4O6. The first-order chi connectivity index (χ1) is 18.4. The third kappa shape index (κ3) is 8.52. The Kier molecular flexibility index (Phi) is 10.5. The average Bonchev–Trinajstić information content (AvgIpc) is 2.92. The molecule has 3 aromatic carbocycles. The molecule has 38 heavy (non-hydrogen) atoms. The largest absolute Gasteiger partial charge is 0.493 e. The molecule has 0 radical (unpaired) electrons. The van der Waals surface area contributed by atoms with E-state index in [1.165, 1.54) is 13.3 Å². The fourth-order valence-corrected chi connectivity index (χ4v) is 3.46. The van der Waals surface area contributed by atoms with Crippen molar-refractivity contribution in [3.63, 3.8) is 0 Å². The van der Waals surface area contributed by atoms with Crippen molar-refractivity contribution in [3.8, 4) is 17.2 Å². The Balaban J connectivity index is 1.46. The van der Waals surface area contributed by atoms with Crippen molar-refractivity contribution < 1.29 is 28.6 Å². The molecule has 0 bridgehead atoms. The van der Waals surface area contributed by atoms with Crippen LogP contribution in [0.3, 0.4) is 0 Å². The second-order valence-electron chi connectivity index (χ2n) is 7.78. The summed E-state index contributed by atoms with van der Waals surface area (Å²) >= 11 is 5.92. The number of ether oxygens (including phenoxy) is 3. The molecule has 0 heterocycles. The normalized spacial score (nSPS) is 10.5. The number of amides is 3. The van der Waals surface area contributed by atoms with Crippen molar-refractivity contribution in [2.24, 2.45) is 5.10 Å². The zero-order valence-corrected chi connectivity index (χ0v) is 21.6. The number of rotatable bonds is 11. The molecule has 0 aliphatic rings. The first kappa shape index (κ1) is 28.0. The van der Waals surface area contributed by atoms with E-state index in [0.717, 1.165) is 5.56 Å². The molecule has 0 spiro atoms. The fraction of sp³-hybridized carbons (Fsp3) is 0.185. The van der Waals surface area contributed by atoms with E-state index in [1.807, 2.05) is 6.07 Å². The number of anilines is 1. The van der Waals surface area contributed by atoms with Crippen molar-refractivity contribution in [3.05, 3.63) is 82.9 Å². The minimum Gasteiger partial charge on any atom is -0.493 e. The molecule has 0 atom stereocenters. The van der Waals surface area contributed by atoms with Crippen LogP contribution in [0.4, 0.5) is 5.69 Å². The quantitative estimate of drug-likeness (QED) is 0.195. The summed E-state index contributed by atoms with van der Waals surface area (Å²) in [4.78, 5) is 36.4. The van der Waals surface area contributed by atoms with Gasteiger partial charge in [-0.3, -0.25) is 14.4 Å². The monoisotopic (exact) mass is 538 g/mol. The van der Waals surface area contributed by atoms with Crippen molar-refractivity contribution in [2.45, 2.75) is 6.42 Å². The number of nitrogens with zero attached hydrogens (tertiary/aromatic N) is 1. The maximum atomic E-state index is 12.2. The second kappa shape index (κ2) is 14.2. The molecule has 0 saturated heterocycles. The average molecular weight is 539 g/mol. The first-order valence-corrected chi connectivity index (χ1v) is 11.9. The van der Waals surface area contributed by atoms with E-state index in [9.17, 15) is 14.4 Å². The van der Waals surface area contributed by atoms with Gasteiger partial charge >= 0.3 is 11.8 Å². The molecule has 0 saturated carbocycles. The van der Waals surface area contributed by atoms with Crippen LogP contribution in [-0.4, -0.2) is 51.3 Å². The Bertz CT molecular complexity index is 1310. The number of para-hydroxylation sites is 1. The van der Waals surface area contributed by atoms with Crippen LogP contribution in [0.2, 0.25) is 5.02 Å². The summed E-state index contributed by atoms with van der Waals surface area (Å²) in [7, 11) is 3.09. The fourth-order valence-electron chi connectivity index (χ4n) is 3.27. The Morgan fingerprint density at radius 1 is 0.895 bits per heavy atom. The Morgan fingerprint density at radius 2 is 1.68 bits per heavy atom. The van der Waals surface area contributed by atoms with Crippen LogP contribution in [0, 0.1) is 0 Å². The number of hydrazone groups is 1. The summed E-state index contributed by atoms with van der Waals surface area (Å²) in [5.41, 5.74) is 4.12. The molecule has 11 heteroatoms. The number of hydrogen-bond donors (Lipinski definition) is 3. The van der Waals surface area contributed by atoms with E-state index >= 15 is 0 Å². The van der Waals surface area contributed by atoms with Gasteiger partial charge in [0, 0.05) is 22.8 Å². The molecule has 0 aromatic heterocycles. The summed E-state index contributed by atoms with van der Waals surface area (Å²) in [5.74, 6) is -0.583. The lowest BCUT2D eigenvalue weighted by Gasteiger charge is -2.10. The van der Waals surface area contributed by atoms with Gasteiger partial charge in [0.05, 0.1) is 20.4 Å². The molecule has 10 nitrogen and oxygen atoms in total. The van der Waals surface area contributed by atoms with Gasteiger partial charge in [-0.25, -0.2) is 5.43 Å². The molecular weight excluding hydrogens is 512 g/mol. The standard InChI is InChI=1S/C27H27ClN4O6/c1-36-23-11-10-18(14-24(23)37-2)12-13-29-26(34)27(35)32-30-16-19-6-3-4-9-22(19)38-17-25(33)31-21-8-5-7-20(28)15-21/h3-11,14-16H,12-13,17H2,1-2H3,(H,29,34)(H,31,33)(H,32,35)/b30-16-. The summed E-state index contributed by atoms with van der Waals surface area (Å²) in [5, 5.41) is 9.55. The lowest BCUT2D eigenvalue weighted by Crippen LogP contribution is -2.38. The number of nitrogens with one attached hydrogen (secondary N) is 3. The highest BCUT2D eigenvalue weighted by molar-refractivity contribution is 6.35. The molecule has 3 rings (SSSR count). The van der Waals surface area contributed by atoms with Gasteiger partial charge in [-0.05, 0) is 54.4 Å².